The Hall–Kier alpha value is -5.74. The van der Waals surface area contributed by atoms with Crippen LogP contribution in [0.1, 0.15) is 51.4 Å². The second-order valence-corrected chi connectivity index (χ2v) is 11.7. The fourth-order valence-electron chi connectivity index (χ4n) is 5.61. The Morgan fingerprint density at radius 1 is 0.936 bits per heavy atom. The molecule has 0 bridgehead atoms. The predicted octanol–water partition coefficient (Wildman–Crippen LogP) is 6.00. The number of nitrogens with one attached hydrogen (secondary N) is 3. The van der Waals surface area contributed by atoms with Crippen molar-refractivity contribution in [3.63, 3.8) is 0 Å². The van der Waals surface area contributed by atoms with Crippen LogP contribution >= 0.6 is 0 Å². The quantitative estimate of drug-likeness (QED) is 0.161. The Labute approximate surface area is 273 Å². The highest BCUT2D eigenvalue weighted by atomic mass is 16.2. The van der Waals surface area contributed by atoms with Crippen molar-refractivity contribution >= 4 is 35.0 Å². The lowest BCUT2D eigenvalue weighted by Crippen LogP contribution is -2.39. The molecule has 1 atom stereocenters. The molecule has 0 aliphatic carbocycles. The Bertz CT molecular complexity index is 1910. The van der Waals surface area contributed by atoms with Crippen molar-refractivity contribution in [2.75, 3.05) is 17.7 Å². The van der Waals surface area contributed by atoms with Crippen LogP contribution in [0, 0.1) is 6.92 Å². The highest BCUT2D eigenvalue weighted by Crippen LogP contribution is 2.27. The molecule has 3 amide bonds. The summed E-state index contributed by atoms with van der Waals surface area (Å²) in [5.74, 6) is -0.505. The smallest absolute Gasteiger partial charge is 0.255 e. The number of pyridine rings is 1. The van der Waals surface area contributed by atoms with Gasteiger partial charge in [-0.3, -0.25) is 29.6 Å². The first-order valence-corrected chi connectivity index (χ1v) is 15.4. The van der Waals surface area contributed by atoms with Gasteiger partial charge in [-0.2, -0.15) is 0 Å². The van der Waals surface area contributed by atoms with Crippen molar-refractivity contribution in [3.8, 4) is 11.3 Å². The van der Waals surface area contributed by atoms with E-state index in [1.165, 1.54) is 0 Å². The van der Waals surface area contributed by atoms with Crippen LogP contribution in [0.25, 0.3) is 11.3 Å². The lowest BCUT2D eigenvalue weighted by molar-refractivity contribution is -0.134. The molecule has 236 valence electrons. The standard InChI is InChI=1S/C37H35N7O3/c1-24-8-13-30(20-33(24)42-37-39-18-16-32(41-37)29-7-4-17-38-21-29)40-35(46)27-11-9-25(10-12-27)22-44(2)23-26-5-3-6-28(19-26)31-14-15-34(45)43-36(31)47/h3-13,16-21,31H,14-15,22-23H2,1-2H3,(H,40,46)(H,39,41,42)(H,43,45,47). The van der Waals surface area contributed by atoms with Gasteiger partial charge in [-0.1, -0.05) is 42.5 Å². The third-order valence-corrected chi connectivity index (χ3v) is 8.07. The number of benzene rings is 3. The fraction of sp³-hybridized carbons (Fsp3) is 0.189. The van der Waals surface area contributed by atoms with E-state index in [4.69, 9.17) is 0 Å². The molecule has 6 rings (SSSR count). The van der Waals surface area contributed by atoms with Crippen LogP contribution < -0.4 is 16.0 Å². The molecular weight excluding hydrogens is 590 g/mol. The van der Waals surface area contributed by atoms with Gasteiger partial charge >= 0.3 is 0 Å². The second kappa shape index (κ2) is 14.1. The number of hydrogen-bond acceptors (Lipinski definition) is 8. The van der Waals surface area contributed by atoms with Crippen molar-refractivity contribution in [1.29, 1.82) is 0 Å². The largest absolute Gasteiger partial charge is 0.324 e. The number of anilines is 3. The molecule has 47 heavy (non-hydrogen) atoms. The second-order valence-electron chi connectivity index (χ2n) is 11.7. The summed E-state index contributed by atoms with van der Waals surface area (Å²) in [5, 5.41) is 8.71. The van der Waals surface area contributed by atoms with Crippen LogP contribution in [-0.4, -0.2) is 44.6 Å². The van der Waals surface area contributed by atoms with Gasteiger partial charge in [0.15, 0.2) is 0 Å². The highest BCUT2D eigenvalue weighted by Gasteiger charge is 2.28. The van der Waals surface area contributed by atoms with Gasteiger partial charge in [-0.05, 0) is 85.1 Å². The molecule has 3 N–H and O–H groups in total. The summed E-state index contributed by atoms with van der Waals surface area (Å²) >= 11 is 0. The topological polar surface area (TPSA) is 129 Å². The van der Waals surface area contributed by atoms with Gasteiger partial charge in [0, 0.05) is 60.6 Å². The van der Waals surface area contributed by atoms with Crippen molar-refractivity contribution in [3.05, 3.63) is 131 Å². The molecule has 10 heteroatoms. The number of hydrogen-bond donors (Lipinski definition) is 3. The minimum absolute atomic E-state index is 0.209. The molecule has 3 heterocycles. The zero-order valence-electron chi connectivity index (χ0n) is 26.2. The first kappa shape index (κ1) is 31.3. The average molecular weight is 626 g/mol. The van der Waals surface area contributed by atoms with Crippen LogP contribution in [0.2, 0.25) is 0 Å². The number of carbonyl (C=O) groups excluding carboxylic acids is 3. The molecule has 0 spiro atoms. The van der Waals surface area contributed by atoms with Crippen LogP contribution in [0.15, 0.2) is 104 Å². The van der Waals surface area contributed by atoms with Gasteiger partial charge < -0.3 is 10.6 Å². The van der Waals surface area contributed by atoms with Crippen molar-refractivity contribution in [1.82, 2.24) is 25.2 Å². The SMILES string of the molecule is Cc1ccc(NC(=O)c2ccc(CN(C)Cc3cccc(C4CCC(=O)NC4=O)c3)cc2)cc1Nc1nccc(-c2cccnc2)n1. The lowest BCUT2D eigenvalue weighted by atomic mass is 9.89. The molecule has 1 aliphatic heterocycles. The van der Waals surface area contributed by atoms with E-state index in [-0.39, 0.29) is 23.6 Å². The van der Waals surface area contributed by atoms with Gasteiger partial charge in [0.1, 0.15) is 0 Å². The van der Waals surface area contributed by atoms with Gasteiger partial charge in [0.05, 0.1) is 11.6 Å². The number of amides is 3. The van der Waals surface area contributed by atoms with E-state index in [0.717, 1.165) is 39.2 Å². The molecular formula is C37H35N7O3. The number of piperidine rings is 1. The van der Waals surface area contributed by atoms with Crippen LogP contribution in [0.3, 0.4) is 0 Å². The number of imide groups is 1. The minimum atomic E-state index is -0.302. The van der Waals surface area contributed by atoms with Gasteiger partial charge in [0.2, 0.25) is 17.8 Å². The number of aryl methyl sites for hydroxylation is 1. The molecule has 1 saturated heterocycles. The minimum Gasteiger partial charge on any atom is -0.324 e. The molecule has 1 aliphatic rings. The number of carbonyl (C=O) groups is 3. The summed E-state index contributed by atoms with van der Waals surface area (Å²) < 4.78 is 0. The average Bonchev–Trinajstić information content (AvgIpc) is 3.07. The molecule has 2 aromatic heterocycles. The van der Waals surface area contributed by atoms with E-state index >= 15 is 0 Å². The van der Waals surface area contributed by atoms with Crippen LogP contribution in [0.4, 0.5) is 17.3 Å². The number of nitrogens with zero attached hydrogens (tertiary/aromatic N) is 4. The first-order valence-electron chi connectivity index (χ1n) is 15.4. The molecule has 1 fully saturated rings. The molecule has 5 aromatic rings. The summed E-state index contributed by atoms with van der Waals surface area (Å²) in [7, 11) is 2.03. The predicted molar refractivity (Wildman–Crippen MR) is 181 cm³/mol. The number of rotatable bonds is 10. The van der Waals surface area contributed by atoms with E-state index in [0.29, 0.717) is 43.1 Å². The molecule has 0 saturated carbocycles. The fourth-order valence-corrected chi connectivity index (χ4v) is 5.61. The van der Waals surface area contributed by atoms with Crippen LogP contribution in [-0.2, 0) is 22.7 Å². The third-order valence-electron chi connectivity index (χ3n) is 8.07. The summed E-state index contributed by atoms with van der Waals surface area (Å²) in [4.78, 5) is 52.3. The normalized spacial score (nSPS) is 14.5. The monoisotopic (exact) mass is 625 g/mol. The first-order chi connectivity index (χ1) is 22.8. The summed E-state index contributed by atoms with van der Waals surface area (Å²) in [6.45, 7) is 3.34. The Morgan fingerprint density at radius 2 is 1.77 bits per heavy atom. The van der Waals surface area contributed by atoms with E-state index in [9.17, 15) is 14.4 Å². The zero-order chi connectivity index (χ0) is 32.8. The Kier molecular flexibility index (Phi) is 9.40. The van der Waals surface area contributed by atoms with Crippen molar-refractivity contribution < 1.29 is 14.4 Å². The van der Waals surface area contributed by atoms with Crippen molar-refractivity contribution in [2.24, 2.45) is 0 Å². The van der Waals surface area contributed by atoms with Gasteiger partial charge in [-0.25, -0.2) is 9.97 Å². The molecule has 0 radical (unpaired) electrons. The van der Waals surface area contributed by atoms with E-state index in [1.54, 1.807) is 18.6 Å². The van der Waals surface area contributed by atoms with E-state index in [1.807, 2.05) is 98.9 Å². The van der Waals surface area contributed by atoms with E-state index in [2.05, 4.69) is 35.8 Å². The Morgan fingerprint density at radius 3 is 2.55 bits per heavy atom. The molecule has 3 aromatic carbocycles. The summed E-state index contributed by atoms with van der Waals surface area (Å²) in [6, 6.07) is 26.9. The third kappa shape index (κ3) is 7.92. The Balaban J connectivity index is 1.05. The van der Waals surface area contributed by atoms with Gasteiger partial charge in [-0.15, -0.1) is 0 Å². The lowest BCUT2D eigenvalue weighted by Gasteiger charge is -2.22. The van der Waals surface area contributed by atoms with Gasteiger partial charge in [0.25, 0.3) is 5.91 Å². The summed E-state index contributed by atoms with van der Waals surface area (Å²) in [5.41, 5.74) is 7.70. The maximum atomic E-state index is 13.1. The van der Waals surface area contributed by atoms with Crippen molar-refractivity contribution in [2.45, 2.75) is 38.8 Å². The number of aromatic nitrogens is 3. The highest BCUT2D eigenvalue weighted by molar-refractivity contribution is 6.04. The maximum absolute atomic E-state index is 13.1. The summed E-state index contributed by atoms with van der Waals surface area (Å²) in [6.07, 6.45) is 6.06. The maximum Gasteiger partial charge on any atom is 0.255 e. The van der Waals surface area contributed by atoms with E-state index < -0.39 is 0 Å². The molecule has 10 nitrogen and oxygen atoms in total. The van der Waals surface area contributed by atoms with Crippen LogP contribution in [0.5, 0.6) is 0 Å². The molecule has 1 unspecified atom stereocenters. The zero-order valence-corrected chi connectivity index (χ0v) is 26.2.